The molecule has 9 nitrogen and oxygen atoms in total. The Labute approximate surface area is 185 Å². The van der Waals surface area contributed by atoms with Crippen LogP contribution >= 0.6 is 0 Å². The van der Waals surface area contributed by atoms with Crippen molar-refractivity contribution in [3.8, 4) is 11.4 Å². The van der Waals surface area contributed by atoms with Crippen molar-refractivity contribution in [3.05, 3.63) is 48.5 Å². The van der Waals surface area contributed by atoms with Crippen LogP contribution < -0.4 is 10.6 Å². The normalized spacial score (nSPS) is 18.8. The third-order valence-electron chi connectivity index (χ3n) is 5.56. The van der Waals surface area contributed by atoms with E-state index in [2.05, 4.69) is 15.7 Å². The molecule has 0 aliphatic carbocycles. The van der Waals surface area contributed by atoms with Gasteiger partial charge in [0.15, 0.2) is 11.5 Å². The molecule has 2 aromatic carbocycles. The average molecular weight is 450 g/mol. The number of rotatable bonds is 4. The van der Waals surface area contributed by atoms with Gasteiger partial charge in [-0.1, -0.05) is 24.3 Å². The number of anilines is 1. The Kier molecular flexibility index (Phi) is 5.01. The van der Waals surface area contributed by atoms with Gasteiger partial charge in [-0.3, -0.25) is 4.79 Å². The molecule has 3 heterocycles. The molecule has 1 amide bonds. The van der Waals surface area contributed by atoms with Crippen molar-refractivity contribution in [2.24, 2.45) is 0 Å². The van der Waals surface area contributed by atoms with E-state index in [1.807, 2.05) is 30.3 Å². The van der Waals surface area contributed by atoms with Crippen LogP contribution in [0.1, 0.15) is 19.3 Å². The molecule has 1 saturated heterocycles. The average Bonchev–Trinajstić information content (AvgIpc) is 3.14. The van der Waals surface area contributed by atoms with Gasteiger partial charge in [-0.25, -0.2) is 19.0 Å². The Balaban J connectivity index is 1.66. The van der Waals surface area contributed by atoms with Crippen LogP contribution in [-0.4, -0.2) is 48.5 Å². The molecule has 2 aromatic heterocycles. The molecule has 2 atom stereocenters. The van der Waals surface area contributed by atoms with Gasteiger partial charge in [0.05, 0.1) is 15.2 Å². The van der Waals surface area contributed by atoms with Crippen molar-refractivity contribution in [2.45, 2.75) is 30.2 Å². The highest BCUT2D eigenvalue weighted by Crippen LogP contribution is 2.26. The summed E-state index contributed by atoms with van der Waals surface area (Å²) in [5.74, 6) is 0.823. The third kappa shape index (κ3) is 3.77. The fourth-order valence-electron chi connectivity index (χ4n) is 3.88. The van der Waals surface area contributed by atoms with E-state index in [1.165, 1.54) is 6.26 Å². The molecule has 4 aromatic rings. The maximum atomic E-state index is 12.5. The van der Waals surface area contributed by atoms with Gasteiger partial charge in [-0.05, 0) is 43.5 Å². The number of carbonyl (C=O) groups is 1. The minimum absolute atomic E-state index is 0.0493. The molecular formula is C22H23N7O2S. The van der Waals surface area contributed by atoms with Crippen molar-refractivity contribution in [1.29, 1.82) is 4.78 Å². The van der Waals surface area contributed by atoms with E-state index in [-0.39, 0.29) is 5.91 Å². The zero-order chi connectivity index (χ0) is 22.3. The van der Waals surface area contributed by atoms with Crippen LogP contribution in [0, 0.1) is 4.78 Å². The highest BCUT2D eigenvalue weighted by atomic mass is 32.2. The van der Waals surface area contributed by atoms with Gasteiger partial charge in [-0.15, -0.1) is 5.10 Å². The number of fused-ring (bicyclic) bond motifs is 3. The lowest BCUT2D eigenvalue weighted by molar-refractivity contribution is -0.121. The van der Waals surface area contributed by atoms with Crippen LogP contribution in [0.4, 0.5) is 5.95 Å². The zero-order valence-corrected chi connectivity index (χ0v) is 18.4. The largest absolute Gasteiger partial charge is 0.354 e. The van der Waals surface area contributed by atoms with Gasteiger partial charge < -0.3 is 10.6 Å². The summed E-state index contributed by atoms with van der Waals surface area (Å²) in [7, 11) is -2.87. The summed E-state index contributed by atoms with van der Waals surface area (Å²) in [6, 6.07) is 14.2. The summed E-state index contributed by atoms with van der Waals surface area (Å²) in [5.41, 5.74) is 2.01. The van der Waals surface area contributed by atoms with Crippen molar-refractivity contribution < 1.29 is 9.00 Å². The number of hydrogen-bond acceptors (Lipinski definition) is 7. The number of nitrogens with one attached hydrogen (secondary N) is 3. The SMILES string of the molecule is CS(=N)(=O)c1cccc(-c2nc3c4ccccc4nc(N[C@@H]4CCCCNC4=O)n3n2)c1. The van der Waals surface area contributed by atoms with Gasteiger partial charge in [0.1, 0.15) is 6.04 Å². The number of aromatic nitrogens is 4. The van der Waals surface area contributed by atoms with Gasteiger partial charge in [0.2, 0.25) is 11.9 Å². The van der Waals surface area contributed by atoms with Crippen LogP contribution in [0.5, 0.6) is 0 Å². The Hall–Kier alpha value is -3.53. The first kappa shape index (κ1) is 20.4. The van der Waals surface area contributed by atoms with Crippen LogP contribution in [0.2, 0.25) is 0 Å². The first-order valence-corrected chi connectivity index (χ1v) is 12.4. The number of nitrogens with zero attached hydrogens (tertiary/aromatic N) is 4. The Morgan fingerprint density at radius 1 is 1.16 bits per heavy atom. The first-order valence-electron chi connectivity index (χ1n) is 10.4. The minimum atomic E-state index is -2.87. The number of benzene rings is 2. The van der Waals surface area contributed by atoms with Crippen molar-refractivity contribution in [2.75, 3.05) is 18.1 Å². The summed E-state index contributed by atoms with van der Waals surface area (Å²) in [6.07, 6.45) is 3.98. The topological polar surface area (TPSA) is 125 Å². The predicted molar refractivity (Wildman–Crippen MR) is 123 cm³/mol. The molecule has 0 saturated carbocycles. The first-order chi connectivity index (χ1) is 15.4. The molecule has 10 heteroatoms. The molecular weight excluding hydrogens is 426 g/mol. The highest BCUT2D eigenvalue weighted by molar-refractivity contribution is 7.91. The maximum absolute atomic E-state index is 12.5. The second kappa shape index (κ2) is 7.86. The molecule has 1 fully saturated rings. The summed E-state index contributed by atoms with van der Waals surface area (Å²) < 4.78 is 21.7. The second-order valence-corrected chi connectivity index (χ2v) is 10.1. The van der Waals surface area contributed by atoms with E-state index in [0.29, 0.717) is 40.8 Å². The molecule has 1 aliphatic rings. The number of carbonyl (C=O) groups excluding carboxylic acids is 1. The molecule has 3 N–H and O–H groups in total. The van der Waals surface area contributed by atoms with E-state index in [4.69, 9.17) is 14.7 Å². The Morgan fingerprint density at radius 2 is 2.00 bits per heavy atom. The fraction of sp³-hybridized carbons (Fsp3) is 0.273. The van der Waals surface area contributed by atoms with Crippen LogP contribution in [0.15, 0.2) is 53.4 Å². The Morgan fingerprint density at radius 3 is 2.84 bits per heavy atom. The molecule has 0 radical (unpaired) electrons. The quantitative estimate of drug-likeness (QED) is 0.440. The number of hydrogen-bond donors (Lipinski definition) is 3. The van der Waals surface area contributed by atoms with Crippen molar-refractivity contribution in [1.82, 2.24) is 24.9 Å². The van der Waals surface area contributed by atoms with Gasteiger partial charge >= 0.3 is 0 Å². The Bertz CT molecular complexity index is 1450. The summed E-state index contributed by atoms with van der Waals surface area (Å²) >= 11 is 0. The molecule has 5 rings (SSSR count). The van der Waals surface area contributed by atoms with Gasteiger partial charge in [0.25, 0.3) is 0 Å². The number of amides is 1. The summed E-state index contributed by atoms with van der Waals surface area (Å²) in [5, 5.41) is 11.7. The van der Waals surface area contributed by atoms with Crippen LogP contribution in [-0.2, 0) is 14.5 Å². The number of para-hydroxylation sites is 1. The summed E-state index contributed by atoms with van der Waals surface area (Å²) in [6.45, 7) is 0.679. The monoisotopic (exact) mass is 449 g/mol. The standard InChI is InChI=1S/C22H23N7O2S/c1-32(23,31)15-8-6-7-14(13-15)19-27-20-16-9-2-3-10-17(16)25-22(29(20)28-19)26-18-11-4-5-12-24-21(18)30/h2-3,6-10,13,18,23H,4-5,11-12H2,1H3,(H,24,30)(H,25,26)/t18-,32?/m1/s1. The lowest BCUT2D eigenvalue weighted by Gasteiger charge is -2.16. The van der Waals surface area contributed by atoms with Crippen LogP contribution in [0.3, 0.4) is 0 Å². The van der Waals surface area contributed by atoms with Crippen LogP contribution in [0.25, 0.3) is 27.9 Å². The lowest BCUT2D eigenvalue weighted by Crippen LogP contribution is -2.38. The zero-order valence-electron chi connectivity index (χ0n) is 17.5. The molecule has 0 bridgehead atoms. The molecule has 1 aliphatic heterocycles. The smallest absolute Gasteiger partial charge is 0.242 e. The second-order valence-electron chi connectivity index (χ2n) is 7.98. The molecule has 0 spiro atoms. The maximum Gasteiger partial charge on any atom is 0.242 e. The molecule has 164 valence electrons. The van der Waals surface area contributed by atoms with E-state index in [1.54, 1.807) is 22.7 Å². The third-order valence-corrected chi connectivity index (χ3v) is 6.71. The predicted octanol–water partition coefficient (Wildman–Crippen LogP) is 3.06. The van der Waals surface area contributed by atoms with Gasteiger partial charge in [0, 0.05) is 28.6 Å². The van der Waals surface area contributed by atoms with E-state index < -0.39 is 15.8 Å². The van der Waals surface area contributed by atoms with Crippen molar-refractivity contribution in [3.63, 3.8) is 0 Å². The minimum Gasteiger partial charge on any atom is -0.354 e. The highest BCUT2D eigenvalue weighted by Gasteiger charge is 2.23. The van der Waals surface area contributed by atoms with E-state index in [9.17, 15) is 9.00 Å². The lowest BCUT2D eigenvalue weighted by atomic mass is 10.1. The fourth-order valence-corrected chi connectivity index (χ4v) is 4.57. The van der Waals surface area contributed by atoms with E-state index >= 15 is 0 Å². The molecule has 1 unspecified atom stereocenters. The van der Waals surface area contributed by atoms with Crippen molar-refractivity contribution >= 4 is 38.1 Å². The van der Waals surface area contributed by atoms with E-state index in [0.717, 1.165) is 23.7 Å². The molecule has 32 heavy (non-hydrogen) atoms. The summed E-state index contributed by atoms with van der Waals surface area (Å²) in [4.78, 5) is 22.4. The van der Waals surface area contributed by atoms with Gasteiger partial charge in [-0.2, -0.15) is 4.52 Å².